The lowest BCUT2D eigenvalue weighted by Gasteiger charge is -2.15. The number of rotatable bonds is 7. The van der Waals surface area contributed by atoms with Crippen molar-refractivity contribution < 1.29 is 19.1 Å². The monoisotopic (exact) mass is 296 g/mol. The van der Waals surface area contributed by atoms with Gasteiger partial charge in [0.15, 0.2) is 0 Å². The minimum absolute atomic E-state index is 0.0975. The highest BCUT2D eigenvalue weighted by Gasteiger charge is 2.14. The predicted octanol–water partition coefficient (Wildman–Crippen LogP) is 2.91. The Morgan fingerprint density at radius 2 is 1.95 bits per heavy atom. The molecule has 6 heteroatoms. The lowest BCUT2D eigenvalue weighted by molar-refractivity contribution is 0.0695. The third-order valence-electron chi connectivity index (χ3n) is 3.18. The summed E-state index contributed by atoms with van der Waals surface area (Å²) in [5.41, 5.74) is 0.123. The fraction of sp³-hybridized carbons (Fsp3) is 0.600. The smallest absolute Gasteiger partial charge is 0.339 e. The van der Waals surface area contributed by atoms with Gasteiger partial charge in [-0.15, -0.1) is 0 Å². The molecule has 0 radical (unpaired) electrons. The number of hydrogen-bond acceptors (Lipinski definition) is 3. The summed E-state index contributed by atoms with van der Waals surface area (Å²) in [5, 5.41) is 14.4. The molecule has 0 aliphatic carbocycles. The van der Waals surface area contributed by atoms with Gasteiger partial charge >= 0.3 is 12.0 Å². The number of carboxylic acids is 1. The Labute approximate surface area is 124 Å². The summed E-state index contributed by atoms with van der Waals surface area (Å²) in [7, 11) is 0. The van der Waals surface area contributed by atoms with Gasteiger partial charge in [-0.3, -0.25) is 0 Å². The van der Waals surface area contributed by atoms with Crippen LogP contribution in [0.3, 0.4) is 0 Å². The van der Waals surface area contributed by atoms with Crippen LogP contribution >= 0.6 is 0 Å². The van der Waals surface area contributed by atoms with E-state index in [4.69, 9.17) is 9.52 Å². The van der Waals surface area contributed by atoms with Gasteiger partial charge in [-0.05, 0) is 38.7 Å². The summed E-state index contributed by atoms with van der Waals surface area (Å²) in [6.45, 7) is 8.00. The Balaban J connectivity index is 2.39. The largest absolute Gasteiger partial charge is 0.478 e. The predicted molar refractivity (Wildman–Crippen MR) is 79.3 cm³/mol. The summed E-state index contributed by atoms with van der Waals surface area (Å²) in [5.74, 6) is 0.340. The van der Waals surface area contributed by atoms with Crippen molar-refractivity contribution in [3.8, 4) is 0 Å². The van der Waals surface area contributed by atoms with E-state index in [1.165, 1.54) is 6.07 Å². The van der Waals surface area contributed by atoms with Crippen LogP contribution in [0.25, 0.3) is 0 Å². The number of nitrogens with one attached hydrogen (secondary N) is 2. The minimum atomic E-state index is -1.03. The van der Waals surface area contributed by atoms with Crippen LogP contribution in [0.1, 0.15) is 55.5 Å². The van der Waals surface area contributed by atoms with Crippen LogP contribution in [-0.2, 0) is 6.54 Å². The maximum Gasteiger partial charge on any atom is 0.339 e. The molecule has 0 saturated carbocycles. The van der Waals surface area contributed by atoms with Crippen molar-refractivity contribution >= 4 is 12.0 Å². The number of carbonyl (C=O) groups is 2. The molecule has 1 rings (SSSR count). The molecule has 21 heavy (non-hydrogen) atoms. The molecule has 1 aromatic rings. The van der Waals surface area contributed by atoms with Gasteiger partial charge in [0.05, 0.1) is 6.54 Å². The van der Waals surface area contributed by atoms with E-state index >= 15 is 0 Å². The van der Waals surface area contributed by atoms with Gasteiger partial charge < -0.3 is 20.2 Å². The second-order valence-corrected chi connectivity index (χ2v) is 5.69. The van der Waals surface area contributed by atoms with Crippen molar-refractivity contribution in [2.75, 3.05) is 0 Å². The molecular formula is C15H24N2O4. The molecule has 1 aromatic heterocycles. The zero-order chi connectivity index (χ0) is 16.0. The van der Waals surface area contributed by atoms with Gasteiger partial charge in [-0.25, -0.2) is 9.59 Å². The normalized spacial score (nSPS) is 12.2. The van der Waals surface area contributed by atoms with Crippen LogP contribution in [0.5, 0.6) is 0 Å². The number of aryl methyl sites for hydroxylation is 1. The standard InChI is InChI=1S/C15H24N2O4/c1-9(2)5-6-10(3)17-15(20)16-8-12-7-13(14(18)19)11(4)21-12/h7,9-10H,5-6,8H2,1-4H3,(H,18,19)(H2,16,17,20). The van der Waals surface area contributed by atoms with E-state index in [1.54, 1.807) is 6.92 Å². The molecule has 6 nitrogen and oxygen atoms in total. The highest BCUT2D eigenvalue weighted by atomic mass is 16.4. The third kappa shape index (κ3) is 5.89. The molecule has 0 aliphatic heterocycles. The minimum Gasteiger partial charge on any atom is -0.478 e. The molecule has 2 amide bonds. The van der Waals surface area contributed by atoms with Crippen LogP contribution in [-0.4, -0.2) is 23.1 Å². The first-order valence-electron chi connectivity index (χ1n) is 7.16. The molecule has 0 spiro atoms. The quantitative estimate of drug-likeness (QED) is 0.721. The summed E-state index contributed by atoms with van der Waals surface area (Å²) in [6, 6.07) is 1.25. The molecule has 0 saturated heterocycles. The van der Waals surface area contributed by atoms with E-state index in [0.717, 1.165) is 12.8 Å². The molecule has 118 valence electrons. The van der Waals surface area contributed by atoms with Gasteiger partial charge in [0.1, 0.15) is 17.1 Å². The Morgan fingerprint density at radius 3 is 2.48 bits per heavy atom. The zero-order valence-electron chi connectivity index (χ0n) is 13.0. The first-order valence-corrected chi connectivity index (χ1v) is 7.16. The highest BCUT2D eigenvalue weighted by molar-refractivity contribution is 5.88. The van der Waals surface area contributed by atoms with Crippen LogP contribution in [0.15, 0.2) is 10.5 Å². The number of amides is 2. The SMILES string of the molecule is Cc1oc(CNC(=O)NC(C)CCC(C)C)cc1C(=O)O. The first kappa shape index (κ1) is 17.1. The summed E-state index contributed by atoms with van der Waals surface area (Å²) in [6.07, 6.45) is 1.98. The van der Waals surface area contributed by atoms with Crippen molar-refractivity contribution in [1.29, 1.82) is 0 Å². The first-order chi connectivity index (χ1) is 9.79. The van der Waals surface area contributed by atoms with E-state index in [2.05, 4.69) is 24.5 Å². The Bertz CT molecular complexity index is 494. The van der Waals surface area contributed by atoms with Crippen molar-refractivity contribution in [3.63, 3.8) is 0 Å². The van der Waals surface area contributed by atoms with Gasteiger partial charge in [0, 0.05) is 6.04 Å². The molecule has 0 aliphatic rings. The van der Waals surface area contributed by atoms with E-state index in [1.807, 2.05) is 6.92 Å². The second-order valence-electron chi connectivity index (χ2n) is 5.69. The number of carboxylic acid groups (broad SMARTS) is 1. The Morgan fingerprint density at radius 1 is 1.29 bits per heavy atom. The Hall–Kier alpha value is -1.98. The molecular weight excluding hydrogens is 272 g/mol. The van der Waals surface area contributed by atoms with Crippen molar-refractivity contribution in [2.45, 2.75) is 53.1 Å². The summed E-state index contributed by atoms with van der Waals surface area (Å²) >= 11 is 0. The van der Waals surface area contributed by atoms with Crippen molar-refractivity contribution in [1.82, 2.24) is 10.6 Å². The van der Waals surface area contributed by atoms with E-state index in [9.17, 15) is 9.59 Å². The molecule has 1 heterocycles. The number of carbonyl (C=O) groups excluding carboxylic acids is 1. The van der Waals surface area contributed by atoms with Crippen LogP contribution in [0.4, 0.5) is 4.79 Å². The molecule has 0 bridgehead atoms. The number of hydrogen-bond donors (Lipinski definition) is 3. The lowest BCUT2D eigenvalue weighted by Crippen LogP contribution is -2.40. The number of furan rings is 1. The van der Waals surface area contributed by atoms with Crippen LogP contribution < -0.4 is 10.6 Å². The van der Waals surface area contributed by atoms with Crippen molar-refractivity contribution in [2.24, 2.45) is 5.92 Å². The Kier molecular flexibility index (Phi) is 6.27. The van der Waals surface area contributed by atoms with Gasteiger partial charge in [-0.1, -0.05) is 13.8 Å². The average Bonchev–Trinajstić information content (AvgIpc) is 2.75. The molecule has 3 N–H and O–H groups in total. The van der Waals surface area contributed by atoms with Crippen LogP contribution in [0, 0.1) is 12.8 Å². The van der Waals surface area contributed by atoms with E-state index in [-0.39, 0.29) is 24.2 Å². The fourth-order valence-corrected chi connectivity index (χ4v) is 1.94. The maximum absolute atomic E-state index is 11.7. The maximum atomic E-state index is 11.7. The molecule has 0 aromatic carbocycles. The molecule has 1 atom stereocenters. The van der Waals surface area contributed by atoms with E-state index < -0.39 is 5.97 Å². The summed E-state index contributed by atoms with van der Waals surface area (Å²) < 4.78 is 5.29. The molecule has 1 unspecified atom stereocenters. The van der Waals surface area contributed by atoms with E-state index in [0.29, 0.717) is 17.4 Å². The van der Waals surface area contributed by atoms with Gasteiger partial charge in [0.25, 0.3) is 0 Å². The number of urea groups is 1. The fourth-order valence-electron chi connectivity index (χ4n) is 1.94. The molecule has 0 fully saturated rings. The third-order valence-corrected chi connectivity index (χ3v) is 3.18. The highest BCUT2D eigenvalue weighted by Crippen LogP contribution is 2.14. The van der Waals surface area contributed by atoms with Gasteiger partial charge in [0.2, 0.25) is 0 Å². The van der Waals surface area contributed by atoms with Crippen molar-refractivity contribution in [3.05, 3.63) is 23.2 Å². The van der Waals surface area contributed by atoms with Gasteiger partial charge in [-0.2, -0.15) is 0 Å². The topological polar surface area (TPSA) is 91.6 Å². The summed E-state index contributed by atoms with van der Waals surface area (Å²) in [4.78, 5) is 22.6. The second kappa shape index (κ2) is 7.71. The van der Waals surface area contributed by atoms with Crippen LogP contribution in [0.2, 0.25) is 0 Å². The number of aromatic carboxylic acids is 1. The zero-order valence-corrected chi connectivity index (χ0v) is 13.0. The lowest BCUT2D eigenvalue weighted by atomic mass is 10.0. The average molecular weight is 296 g/mol.